The van der Waals surface area contributed by atoms with Crippen molar-refractivity contribution in [3.63, 3.8) is 0 Å². The molecule has 0 bridgehead atoms. The normalized spacial score (nSPS) is 12.9. The van der Waals surface area contributed by atoms with Crippen LogP contribution in [0.4, 0.5) is 0 Å². The second kappa shape index (κ2) is 24.2. The van der Waals surface area contributed by atoms with Gasteiger partial charge >= 0.3 is 7.12 Å². The Morgan fingerprint density at radius 2 is 0.635 bits per heavy atom. The topological polar surface area (TPSA) is 102 Å². The second-order valence-corrected chi connectivity index (χ2v) is 26.1. The summed E-state index contributed by atoms with van der Waals surface area (Å²) in [5.74, 6) is 1.50. The Hall–Kier alpha value is -11.3. The molecule has 12 aromatic carbocycles. The van der Waals surface area contributed by atoms with Crippen molar-refractivity contribution < 1.29 is 10.0 Å². The number of benzene rings is 12. The number of hydrogen-bond acceptors (Lipinski definition) is 6. The summed E-state index contributed by atoms with van der Waals surface area (Å²) in [6, 6.07) is 105. The van der Waals surface area contributed by atoms with Gasteiger partial charge in [-0.1, -0.05) is 276 Å². The van der Waals surface area contributed by atoms with E-state index in [-0.39, 0.29) is 10.8 Å². The highest BCUT2D eigenvalue weighted by Gasteiger charge is 2.42. The SMILES string of the molecule is CC1(C)c2cc(-c3ccc(-n4c5ccccc5c5ccccc54)cc3)ccc2-c2nc(-c3ccccc3)nc(-c3ccccc3)c21.CC1(C)c2cc(Cl)ccc2-c2nc(-c3ccccc3)nc(-c3ccccc3)c21.OB(O)c1ccc(-n2c3ccccc3c3ccccc32)cc1. The average Bonchev–Trinajstić information content (AvgIpc) is 1.57. The second-order valence-electron chi connectivity index (χ2n) is 25.7. The smallest absolute Gasteiger partial charge is 0.423 e. The van der Waals surface area contributed by atoms with E-state index >= 15 is 0 Å². The van der Waals surface area contributed by atoms with Gasteiger partial charge in [-0.2, -0.15) is 0 Å². The van der Waals surface area contributed by atoms with E-state index < -0.39 is 7.12 Å². The van der Waals surface area contributed by atoms with Gasteiger partial charge in [0.05, 0.1) is 44.8 Å². The van der Waals surface area contributed by atoms with E-state index in [4.69, 9.17) is 31.5 Å². The Morgan fingerprint density at radius 3 is 1.03 bits per heavy atom. The Kier molecular flexibility index (Phi) is 15.1. The van der Waals surface area contributed by atoms with Gasteiger partial charge < -0.3 is 19.2 Å². The van der Waals surface area contributed by atoms with Crippen molar-refractivity contribution in [3.8, 4) is 90.3 Å². The fourth-order valence-corrected chi connectivity index (χ4v) is 14.7. The minimum atomic E-state index is -1.44. The molecule has 0 unspecified atom stereocenters. The molecule has 10 heteroatoms. The Morgan fingerprint density at radius 1 is 0.312 bits per heavy atom. The maximum Gasteiger partial charge on any atom is 0.488 e. The summed E-state index contributed by atoms with van der Waals surface area (Å²) < 4.78 is 4.56. The molecule has 4 heterocycles. The van der Waals surface area contributed by atoms with Crippen LogP contribution in [-0.4, -0.2) is 46.2 Å². The lowest BCUT2D eigenvalue weighted by molar-refractivity contribution is 0.426. The maximum atomic E-state index is 9.24. The van der Waals surface area contributed by atoms with Crippen LogP contribution in [0, 0.1) is 0 Å². The lowest BCUT2D eigenvalue weighted by Crippen LogP contribution is -2.29. The number of para-hydroxylation sites is 4. The van der Waals surface area contributed by atoms with E-state index in [0.29, 0.717) is 5.46 Å². The standard InChI is InChI=1S/C43H31N3.C25H19ClN2.C18H14BNO2/c1-43(2)36-27-31(28-21-24-32(25-22-28)46-37-19-11-9-17-33(37)34-18-10-12-20-38(34)46)23-26-35(36)41-39(43)40(29-13-5-3-6-14-29)44-42(45-41)30-15-7-4-8-16-30;1-25(2)20-15-18(26)13-14-19(20)23-21(25)22(16-9-5-3-6-10-16)27-24(28-23)17-11-7-4-8-12-17;21-19(22)13-9-11-14(12-10-13)20-17-7-3-1-5-15(17)16-6-2-4-8-18(16)20/h3-27H,1-2H3;3-15H,1-2H3;1-12,21-22H. The molecule has 0 fully saturated rings. The zero-order valence-electron chi connectivity index (χ0n) is 53.4. The molecule has 16 aromatic rings. The number of halogens is 1. The van der Waals surface area contributed by atoms with Gasteiger partial charge in [-0.15, -0.1) is 0 Å². The van der Waals surface area contributed by atoms with Gasteiger partial charge in [0.15, 0.2) is 11.6 Å². The van der Waals surface area contributed by atoms with Gasteiger partial charge in [0.25, 0.3) is 0 Å². The fourth-order valence-electron chi connectivity index (χ4n) is 14.5. The van der Waals surface area contributed by atoms with Crippen molar-refractivity contribution in [3.05, 3.63) is 331 Å². The van der Waals surface area contributed by atoms with Gasteiger partial charge in [0.1, 0.15) is 0 Å². The molecule has 4 aromatic heterocycles. The fraction of sp³-hybridized carbons (Fsp3) is 0.0698. The summed E-state index contributed by atoms with van der Waals surface area (Å²) in [7, 11) is -1.44. The van der Waals surface area contributed by atoms with Crippen molar-refractivity contribution in [2.45, 2.75) is 38.5 Å². The Balaban J connectivity index is 0.000000123. The summed E-state index contributed by atoms with van der Waals surface area (Å²) in [6.07, 6.45) is 0. The number of aromatic nitrogens is 6. The molecule has 18 rings (SSSR count). The maximum absolute atomic E-state index is 9.24. The van der Waals surface area contributed by atoms with Crippen molar-refractivity contribution in [1.82, 2.24) is 29.1 Å². The molecule has 0 radical (unpaired) electrons. The monoisotopic (exact) mass is 1260 g/mol. The molecule has 0 saturated heterocycles. The lowest BCUT2D eigenvalue weighted by Gasteiger charge is -2.24. The molecular formula is C86H64BClN6O2. The third-order valence-corrected chi connectivity index (χ3v) is 19.4. The summed E-state index contributed by atoms with van der Waals surface area (Å²) in [4.78, 5) is 20.5. The highest BCUT2D eigenvalue weighted by Crippen LogP contribution is 2.54. The van der Waals surface area contributed by atoms with E-state index in [1.54, 1.807) is 12.1 Å². The predicted octanol–water partition coefficient (Wildman–Crippen LogP) is 20.1. The molecule has 0 saturated carbocycles. The lowest BCUT2D eigenvalue weighted by atomic mass is 9.80. The van der Waals surface area contributed by atoms with Crippen molar-refractivity contribution in [2.24, 2.45) is 0 Å². The van der Waals surface area contributed by atoms with Crippen molar-refractivity contribution >= 4 is 67.8 Å². The van der Waals surface area contributed by atoms with E-state index in [9.17, 15) is 10.0 Å². The molecule has 8 nitrogen and oxygen atoms in total. The number of nitrogens with zero attached hydrogens (tertiary/aromatic N) is 6. The quantitative estimate of drug-likeness (QED) is 0.147. The molecular weight excluding hydrogens is 1200 g/mol. The van der Waals surface area contributed by atoms with Crippen LogP contribution in [0.3, 0.4) is 0 Å². The van der Waals surface area contributed by atoms with Crippen LogP contribution in [0.5, 0.6) is 0 Å². The summed E-state index contributed by atoms with van der Waals surface area (Å²) in [5.41, 5.74) is 24.7. The van der Waals surface area contributed by atoms with Crippen LogP contribution in [0.2, 0.25) is 5.02 Å². The zero-order valence-corrected chi connectivity index (χ0v) is 54.2. The van der Waals surface area contributed by atoms with Crippen LogP contribution in [-0.2, 0) is 10.8 Å². The molecule has 0 spiro atoms. The summed E-state index contributed by atoms with van der Waals surface area (Å²) >= 11 is 6.34. The van der Waals surface area contributed by atoms with E-state index in [2.05, 4.69) is 243 Å². The van der Waals surface area contributed by atoms with E-state index in [1.807, 2.05) is 84.9 Å². The first kappa shape index (κ1) is 59.7. The third-order valence-electron chi connectivity index (χ3n) is 19.2. The Labute approximate surface area is 562 Å². The molecule has 2 aliphatic rings. The highest BCUT2D eigenvalue weighted by molar-refractivity contribution is 6.58. The van der Waals surface area contributed by atoms with Crippen molar-refractivity contribution in [1.29, 1.82) is 0 Å². The van der Waals surface area contributed by atoms with Crippen LogP contribution in [0.15, 0.2) is 303 Å². The number of hydrogen-bond donors (Lipinski definition) is 2. The molecule has 2 aliphatic carbocycles. The molecule has 0 aliphatic heterocycles. The molecule has 0 amide bonds. The van der Waals surface area contributed by atoms with Gasteiger partial charge in [0.2, 0.25) is 0 Å². The zero-order chi connectivity index (χ0) is 65.2. The minimum absolute atomic E-state index is 0.226. The molecule has 0 atom stereocenters. The number of fused-ring (bicyclic) bond motifs is 12. The van der Waals surface area contributed by atoms with E-state index in [0.717, 1.165) is 95.2 Å². The van der Waals surface area contributed by atoms with Crippen LogP contribution in [0.1, 0.15) is 49.9 Å². The molecule has 96 heavy (non-hydrogen) atoms. The first-order chi connectivity index (χ1) is 46.9. The van der Waals surface area contributed by atoms with Gasteiger partial charge in [-0.3, -0.25) is 0 Å². The van der Waals surface area contributed by atoms with Crippen LogP contribution < -0.4 is 5.46 Å². The van der Waals surface area contributed by atoms with E-state index in [1.165, 1.54) is 66.0 Å². The number of rotatable bonds is 8. The summed E-state index contributed by atoms with van der Waals surface area (Å²) in [6.45, 7) is 9.08. The summed E-state index contributed by atoms with van der Waals surface area (Å²) in [5, 5.41) is 24.2. The van der Waals surface area contributed by atoms with Gasteiger partial charge in [-0.05, 0) is 94.4 Å². The molecule has 460 valence electrons. The first-order valence-corrected chi connectivity index (χ1v) is 32.8. The first-order valence-electron chi connectivity index (χ1n) is 32.4. The van der Waals surface area contributed by atoms with Gasteiger partial charge in [-0.25, -0.2) is 19.9 Å². The minimum Gasteiger partial charge on any atom is -0.423 e. The van der Waals surface area contributed by atoms with Gasteiger partial charge in [0, 0.05) is 93.3 Å². The largest absolute Gasteiger partial charge is 0.488 e. The van der Waals surface area contributed by atoms with Crippen LogP contribution >= 0.6 is 11.6 Å². The van der Waals surface area contributed by atoms with Crippen LogP contribution in [0.25, 0.3) is 134 Å². The third kappa shape index (κ3) is 10.4. The highest BCUT2D eigenvalue weighted by atomic mass is 35.5. The molecule has 2 N–H and O–H groups in total. The Bertz CT molecular complexity index is 5510. The average molecular weight is 1260 g/mol. The predicted molar refractivity (Wildman–Crippen MR) is 396 cm³/mol. The van der Waals surface area contributed by atoms with Crippen molar-refractivity contribution in [2.75, 3.05) is 0 Å².